The fourth-order valence-corrected chi connectivity index (χ4v) is 3.60. The van der Waals surface area contributed by atoms with E-state index in [-0.39, 0.29) is 11.9 Å². The van der Waals surface area contributed by atoms with E-state index < -0.39 is 0 Å². The molecule has 2 heterocycles. The van der Waals surface area contributed by atoms with Gasteiger partial charge in [-0.05, 0) is 57.2 Å². The highest BCUT2D eigenvalue weighted by Crippen LogP contribution is 2.20. The molecule has 140 valence electrons. The maximum Gasteiger partial charge on any atom is 0.254 e. The van der Waals surface area contributed by atoms with E-state index in [0.717, 1.165) is 43.7 Å². The molecule has 1 aromatic heterocycles. The Morgan fingerprint density at radius 2 is 2.35 bits per heavy atom. The van der Waals surface area contributed by atoms with Crippen LogP contribution in [0.3, 0.4) is 0 Å². The second-order valence-electron chi connectivity index (χ2n) is 6.84. The lowest BCUT2D eigenvalue weighted by Crippen LogP contribution is -2.33. The van der Waals surface area contributed by atoms with Gasteiger partial charge in [0.1, 0.15) is 0 Å². The summed E-state index contributed by atoms with van der Waals surface area (Å²) in [6.45, 7) is 4.93. The Morgan fingerprint density at radius 3 is 3.04 bits per heavy atom. The Hall–Kier alpha value is -1.85. The molecule has 1 saturated heterocycles. The molecule has 0 spiro atoms. The number of halogens is 1. The van der Waals surface area contributed by atoms with Crippen molar-refractivity contribution in [2.45, 2.75) is 58.1 Å². The largest absolute Gasteiger partial charge is 0.378 e. The van der Waals surface area contributed by atoms with Crippen LogP contribution in [0, 0.1) is 0 Å². The van der Waals surface area contributed by atoms with Crippen molar-refractivity contribution in [3.63, 3.8) is 0 Å². The minimum Gasteiger partial charge on any atom is -0.378 e. The lowest BCUT2D eigenvalue weighted by atomic mass is 10.1. The van der Waals surface area contributed by atoms with Crippen LogP contribution in [0.1, 0.15) is 55.6 Å². The van der Waals surface area contributed by atoms with Crippen molar-refractivity contribution in [3.8, 4) is 5.69 Å². The molecule has 2 atom stereocenters. The van der Waals surface area contributed by atoms with Gasteiger partial charge in [0.25, 0.3) is 5.91 Å². The average Bonchev–Trinajstić information content (AvgIpc) is 3.29. The van der Waals surface area contributed by atoms with Gasteiger partial charge in [-0.2, -0.15) is 5.10 Å². The Morgan fingerprint density at radius 1 is 1.50 bits per heavy atom. The van der Waals surface area contributed by atoms with Crippen molar-refractivity contribution in [1.29, 1.82) is 0 Å². The molecule has 26 heavy (non-hydrogen) atoms. The summed E-state index contributed by atoms with van der Waals surface area (Å²) in [5.74, 6) is -0.0741. The first-order valence-corrected chi connectivity index (χ1v) is 9.71. The molecule has 2 unspecified atom stereocenters. The first-order chi connectivity index (χ1) is 12.6. The molecule has 1 fully saturated rings. The first-order valence-electron chi connectivity index (χ1n) is 9.33. The smallest absolute Gasteiger partial charge is 0.254 e. The molecule has 5 nitrogen and oxygen atoms in total. The number of carbonyl (C=O) groups is 1. The summed E-state index contributed by atoms with van der Waals surface area (Å²) < 4.78 is 7.44. The number of aromatic nitrogens is 2. The number of nitrogens with one attached hydrogen (secondary N) is 1. The van der Waals surface area contributed by atoms with Gasteiger partial charge in [-0.15, -0.1) is 0 Å². The summed E-state index contributed by atoms with van der Waals surface area (Å²) in [5.41, 5.74) is 2.37. The SMILES string of the molecule is CCc1c(C(=O)NC(C)CCC2CCCO2)cnn1-c1cccc(Cl)c1. The number of rotatable bonds is 7. The molecule has 6 heteroatoms. The van der Waals surface area contributed by atoms with Gasteiger partial charge in [-0.25, -0.2) is 4.68 Å². The fraction of sp³-hybridized carbons (Fsp3) is 0.500. The van der Waals surface area contributed by atoms with Gasteiger partial charge >= 0.3 is 0 Å². The zero-order chi connectivity index (χ0) is 18.5. The molecule has 0 aliphatic carbocycles. The van der Waals surface area contributed by atoms with Crippen molar-refractivity contribution in [1.82, 2.24) is 15.1 Å². The van der Waals surface area contributed by atoms with Gasteiger partial charge in [-0.3, -0.25) is 4.79 Å². The lowest BCUT2D eigenvalue weighted by Gasteiger charge is -2.16. The van der Waals surface area contributed by atoms with Crippen molar-refractivity contribution < 1.29 is 9.53 Å². The third kappa shape index (κ3) is 4.46. The third-order valence-corrected chi connectivity index (χ3v) is 5.06. The van der Waals surface area contributed by atoms with Gasteiger partial charge in [0, 0.05) is 17.7 Å². The summed E-state index contributed by atoms with van der Waals surface area (Å²) in [5, 5.41) is 8.16. The normalized spacial score (nSPS) is 18.0. The highest BCUT2D eigenvalue weighted by molar-refractivity contribution is 6.30. The molecule has 0 bridgehead atoms. The second-order valence-corrected chi connectivity index (χ2v) is 7.27. The van der Waals surface area contributed by atoms with Gasteiger partial charge < -0.3 is 10.1 Å². The van der Waals surface area contributed by atoms with E-state index in [1.165, 1.54) is 0 Å². The van der Waals surface area contributed by atoms with E-state index in [9.17, 15) is 4.79 Å². The van der Waals surface area contributed by atoms with Crippen molar-refractivity contribution in [2.24, 2.45) is 0 Å². The third-order valence-electron chi connectivity index (χ3n) is 4.82. The summed E-state index contributed by atoms with van der Waals surface area (Å²) in [7, 11) is 0. The highest BCUT2D eigenvalue weighted by Gasteiger charge is 2.20. The van der Waals surface area contributed by atoms with Crippen LogP contribution in [-0.2, 0) is 11.2 Å². The molecular formula is C20H26ClN3O2. The molecular weight excluding hydrogens is 350 g/mol. The zero-order valence-corrected chi connectivity index (χ0v) is 16.1. The minimum absolute atomic E-state index is 0.0741. The monoisotopic (exact) mass is 375 g/mol. The second kappa shape index (κ2) is 8.69. The summed E-state index contributed by atoms with van der Waals surface area (Å²) in [6.07, 6.45) is 6.89. The summed E-state index contributed by atoms with van der Waals surface area (Å²) in [6, 6.07) is 7.59. The number of amides is 1. The van der Waals surface area contributed by atoms with Gasteiger partial charge in [0.15, 0.2) is 0 Å². The van der Waals surface area contributed by atoms with Gasteiger partial charge in [-0.1, -0.05) is 24.6 Å². The van der Waals surface area contributed by atoms with Crippen LogP contribution in [0.4, 0.5) is 0 Å². The molecule has 0 saturated carbocycles. The Labute approximate surface area is 159 Å². The number of ether oxygens (including phenoxy) is 1. The quantitative estimate of drug-likeness (QED) is 0.790. The molecule has 3 rings (SSSR count). The molecule has 1 aliphatic rings. The Kier molecular flexibility index (Phi) is 6.33. The molecule has 1 aromatic carbocycles. The number of hydrogen-bond acceptors (Lipinski definition) is 3. The summed E-state index contributed by atoms with van der Waals surface area (Å²) in [4.78, 5) is 12.7. The zero-order valence-electron chi connectivity index (χ0n) is 15.4. The molecule has 0 radical (unpaired) electrons. The molecule has 1 amide bonds. The van der Waals surface area contributed by atoms with Gasteiger partial charge in [0.2, 0.25) is 0 Å². The highest BCUT2D eigenvalue weighted by atomic mass is 35.5. The topological polar surface area (TPSA) is 56.1 Å². The predicted octanol–water partition coefficient (Wildman–Crippen LogP) is 4.17. The maximum absolute atomic E-state index is 12.7. The van der Waals surface area contributed by atoms with Crippen molar-refractivity contribution >= 4 is 17.5 Å². The Bertz CT molecular complexity index is 753. The van der Waals surface area contributed by atoms with E-state index in [2.05, 4.69) is 10.4 Å². The number of carbonyl (C=O) groups excluding carboxylic acids is 1. The van der Waals surface area contributed by atoms with Crippen molar-refractivity contribution in [3.05, 3.63) is 46.7 Å². The summed E-state index contributed by atoms with van der Waals surface area (Å²) >= 11 is 6.09. The van der Waals surface area contributed by atoms with Crippen LogP contribution < -0.4 is 5.32 Å². The molecule has 1 aliphatic heterocycles. The predicted molar refractivity (Wildman–Crippen MR) is 103 cm³/mol. The maximum atomic E-state index is 12.7. The number of benzene rings is 1. The number of hydrogen-bond donors (Lipinski definition) is 1. The Balaban J connectivity index is 1.67. The fourth-order valence-electron chi connectivity index (χ4n) is 3.42. The first kappa shape index (κ1) is 18.9. The van der Waals surface area contributed by atoms with Crippen LogP contribution in [0.25, 0.3) is 5.69 Å². The minimum atomic E-state index is -0.0741. The van der Waals surface area contributed by atoms with Crippen LogP contribution in [0.5, 0.6) is 0 Å². The van der Waals surface area contributed by atoms with E-state index in [0.29, 0.717) is 23.1 Å². The lowest BCUT2D eigenvalue weighted by molar-refractivity contribution is 0.0898. The molecule has 2 aromatic rings. The number of nitrogens with zero attached hydrogens (tertiary/aromatic N) is 2. The standard InChI is InChI=1S/C20H26ClN3O2/c1-3-19-18(13-22-24(19)16-7-4-6-15(21)12-16)20(25)23-14(2)9-10-17-8-5-11-26-17/h4,6-7,12-14,17H,3,5,8-11H2,1-2H3,(H,23,25). The van der Waals surface area contributed by atoms with E-state index in [1.54, 1.807) is 10.9 Å². The van der Waals surface area contributed by atoms with Crippen LogP contribution >= 0.6 is 11.6 Å². The van der Waals surface area contributed by atoms with E-state index >= 15 is 0 Å². The average molecular weight is 376 g/mol. The van der Waals surface area contributed by atoms with Crippen LogP contribution in [0.15, 0.2) is 30.5 Å². The molecule has 1 N–H and O–H groups in total. The van der Waals surface area contributed by atoms with Crippen LogP contribution in [0.2, 0.25) is 5.02 Å². The van der Waals surface area contributed by atoms with E-state index in [4.69, 9.17) is 16.3 Å². The van der Waals surface area contributed by atoms with Gasteiger partial charge in [0.05, 0.1) is 29.2 Å². The van der Waals surface area contributed by atoms with Crippen molar-refractivity contribution in [2.75, 3.05) is 6.61 Å². The van der Waals surface area contributed by atoms with E-state index in [1.807, 2.05) is 38.1 Å². The van der Waals surface area contributed by atoms with Crippen LogP contribution in [-0.4, -0.2) is 34.4 Å².